The molecule has 0 bridgehead atoms. The molecule has 0 atom stereocenters. The van der Waals surface area contributed by atoms with E-state index >= 15 is 0 Å². The number of likely N-dealkylation sites (N-methyl/N-ethyl adjacent to an activating group) is 1. The van der Waals surface area contributed by atoms with E-state index in [-0.39, 0.29) is 11.8 Å². The van der Waals surface area contributed by atoms with Gasteiger partial charge in [-0.1, -0.05) is 18.2 Å². The maximum absolute atomic E-state index is 13.4. The van der Waals surface area contributed by atoms with Gasteiger partial charge in [0.2, 0.25) is 0 Å². The van der Waals surface area contributed by atoms with E-state index in [0.717, 1.165) is 54.9 Å². The van der Waals surface area contributed by atoms with Crippen molar-refractivity contribution in [3.63, 3.8) is 0 Å². The van der Waals surface area contributed by atoms with Crippen LogP contribution in [0.4, 0.5) is 5.69 Å². The lowest BCUT2D eigenvalue weighted by Gasteiger charge is -2.32. The summed E-state index contributed by atoms with van der Waals surface area (Å²) in [4.78, 5) is 30.6. The fourth-order valence-corrected chi connectivity index (χ4v) is 4.93. The summed E-state index contributed by atoms with van der Waals surface area (Å²) >= 11 is 0. The van der Waals surface area contributed by atoms with E-state index in [4.69, 9.17) is 9.84 Å². The van der Waals surface area contributed by atoms with Gasteiger partial charge in [0.25, 0.3) is 11.8 Å². The summed E-state index contributed by atoms with van der Waals surface area (Å²) in [6.45, 7) is 5.11. The number of nitrogens with one attached hydrogen (secondary N) is 1. The predicted molar refractivity (Wildman–Crippen MR) is 135 cm³/mol. The molecule has 3 aromatic rings. The lowest BCUT2D eigenvalue weighted by molar-refractivity contribution is 0.0664. The van der Waals surface area contributed by atoms with Crippen molar-refractivity contribution < 1.29 is 14.3 Å². The molecule has 0 radical (unpaired) electrons. The fourth-order valence-electron chi connectivity index (χ4n) is 4.93. The lowest BCUT2D eigenvalue weighted by atomic mass is 10.1. The van der Waals surface area contributed by atoms with Crippen LogP contribution in [-0.2, 0) is 12.8 Å². The highest BCUT2D eigenvalue weighted by Crippen LogP contribution is 2.31. The number of rotatable bonds is 5. The Kier molecular flexibility index (Phi) is 6.30. The van der Waals surface area contributed by atoms with Crippen molar-refractivity contribution in [1.29, 1.82) is 0 Å². The molecule has 0 saturated carbocycles. The van der Waals surface area contributed by atoms with Crippen molar-refractivity contribution in [1.82, 2.24) is 19.6 Å². The standard InChI is InChI=1S/C27H31N5O3/c1-18-7-4-5-9-22(18)32-23-10-6-8-20(23)25(29-32)26(33)28-21-17-19(11-12-24(21)35-3)27(34)31-15-13-30(2)14-16-31/h4-5,7,9,11-12,17H,6,8,10,13-16H2,1-3H3,(H,28,33). The lowest BCUT2D eigenvalue weighted by Crippen LogP contribution is -2.47. The molecule has 35 heavy (non-hydrogen) atoms. The SMILES string of the molecule is COc1ccc(C(=O)N2CCN(C)CC2)cc1NC(=O)c1nn(-c2ccccc2C)c2c1CCC2. The number of hydrogen-bond donors (Lipinski definition) is 1. The van der Waals surface area contributed by atoms with Crippen LogP contribution in [0.2, 0.25) is 0 Å². The molecule has 8 heteroatoms. The zero-order chi connectivity index (χ0) is 24.5. The molecule has 0 unspecified atom stereocenters. The molecule has 8 nitrogen and oxygen atoms in total. The summed E-state index contributed by atoms with van der Waals surface area (Å²) in [7, 11) is 3.61. The van der Waals surface area contributed by atoms with Crippen LogP contribution < -0.4 is 10.1 Å². The maximum atomic E-state index is 13.4. The minimum Gasteiger partial charge on any atom is -0.495 e. The number of para-hydroxylation sites is 1. The quantitative estimate of drug-likeness (QED) is 0.615. The van der Waals surface area contributed by atoms with Crippen LogP contribution in [-0.4, -0.2) is 71.7 Å². The fraction of sp³-hybridized carbons (Fsp3) is 0.370. The first-order valence-corrected chi connectivity index (χ1v) is 12.1. The number of carbonyl (C=O) groups is 2. The number of piperazine rings is 1. The summed E-state index contributed by atoms with van der Waals surface area (Å²) in [6.07, 6.45) is 2.71. The Morgan fingerprint density at radius 3 is 2.54 bits per heavy atom. The van der Waals surface area contributed by atoms with E-state index < -0.39 is 0 Å². The van der Waals surface area contributed by atoms with Gasteiger partial charge in [0.1, 0.15) is 5.75 Å². The third-order valence-electron chi connectivity index (χ3n) is 6.97. The van der Waals surface area contributed by atoms with Crippen LogP contribution >= 0.6 is 0 Å². The summed E-state index contributed by atoms with van der Waals surface area (Å²) < 4.78 is 7.40. The van der Waals surface area contributed by atoms with E-state index in [0.29, 0.717) is 35.8 Å². The average molecular weight is 474 g/mol. The second kappa shape index (κ2) is 9.54. The van der Waals surface area contributed by atoms with E-state index in [1.54, 1.807) is 25.3 Å². The minimum absolute atomic E-state index is 0.0408. The van der Waals surface area contributed by atoms with Crippen molar-refractivity contribution in [2.24, 2.45) is 0 Å². The van der Waals surface area contributed by atoms with Gasteiger partial charge in [0.05, 0.1) is 18.5 Å². The molecule has 182 valence electrons. The summed E-state index contributed by atoms with van der Waals surface area (Å²) in [5.74, 6) is 0.169. The van der Waals surface area contributed by atoms with Gasteiger partial charge in [0.15, 0.2) is 5.69 Å². The first-order chi connectivity index (χ1) is 17.0. The highest BCUT2D eigenvalue weighted by molar-refractivity contribution is 6.06. The summed E-state index contributed by atoms with van der Waals surface area (Å²) in [6, 6.07) is 13.2. The second-order valence-electron chi connectivity index (χ2n) is 9.29. The smallest absolute Gasteiger partial charge is 0.276 e. The Bertz CT molecular complexity index is 1270. The van der Waals surface area contributed by atoms with Crippen molar-refractivity contribution >= 4 is 17.5 Å². The van der Waals surface area contributed by atoms with Crippen molar-refractivity contribution in [3.05, 3.63) is 70.5 Å². The number of carbonyl (C=O) groups excluding carboxylic acids is 2. The Balaban J connectivity index is 1.43. The Morgan fingerprint density at radius 1 is 1.03 bits per heavy atom. The van der Waals surface area contributed by atoms with Crippen LogP contribution in [0, 0.1) is 6.92 Å². The van der Waals surface area contributed by atoms with Crippen LogP contribution in [0.5, 0.6) is 5.75 Å². The van der Waals surface area contributed by atoms with E-state index in [1.165, 1.54) is 0 Å². The highest BCUT2D eigenvalue weighted by Gasteiger charge is 2.28. The zero-order valence-corrected chi connectivity index (χ0v) is 20.5. The maximum Gasteiger partial charge on any atom is 0.276 e. The number of methoxy groups -OCH3 is 1. The van der Waals surface area contributed by atoms with Gasteiger partial charge in [0, 0.05) is 43.0 Å². The molecule has 1 saturated heterocycles. The van der Waals surface area contributed by atoms with Crippen molar-refractivity contribution in [2.45, 2.75) is 26.2 Å². The Morgan fingerprint density at radius 2 is 1.80 bits per heavy atom. The molecule has 1 aliphatic heterocycles. The largest absolute Gasteiger partial charge is 0.495 e. The first-order valence-electron chi connectivity index (χ1n) is 12.1. The molecule has 5 rings (SSSR count). The van der Waals surface area contributed by atoms with Gasteiger partial charge in [-0.3, -0.25) is 9.59 Å². The summed E-state index contributed by atoms with van der Waals surface area (Å²) in [5, 5.41) is 7.71. The topological polar surface area (TPSA) is 79.7 Å². The first kappa shape index (κ1) is 23.1. The van der Waals surface area contributed by atoms with E-state index in [1.807, 2.05) is 40.8 Å². The molecule has 2 heterocycles. The Labute approximate surface area is 205 Å². The van der Waals surface area contributed by atoms with Gasteiger partial charge in [-0.2, -0.15) is 5.10 Å². The van der Waals surface area contributed by atoms with Crippen molar-refractivity contribution in [3.8, 4) is 11.4 Å². The molecule has 0 spiro atoms. The number of ether oxygens (including phenoxy) is 1. The van der Waals surface area contributed by atoms with Gasteiger partial charge < -0.3 is 19.9 Å². The summed E-state index contributed by atoms with van der Waals surface area (Å²) in [5.41, 5.74) is 5.61. The number of aryl methyl sites for hydroxylation is 1. The number of fused-ring (bicyclic) bond motifs is 1. The molecular weight excluding hydrogens is 442 g/mol. The van der Waals surface area contributed by atoms with Crippen LogP contribution in [0.1, 0.15) is 44.1 Å². The van der Waals surface area contributed by atoms with Gasteiger partial charge in [-0.25, -0.2) is 4.68 Å². The molecule has 2 aromatic carbocycles. The van der Waals surface area contributed by atoms with Gasteiger partial charge in [-0.05, 0) is 63.1 Å². The van der Waals surface area contributed by atoms with Crippen LogP contribution in [0.3, 0.4) is 0 Å². The third-order valence-corrected chi connectivity index (χ3v) is 6.97. The molecule has 2 amide bonds. The van der Waals surface area contributed by atoms with Gasteiger partial charge >= 0.3 is 0 Å². The monoisotopic (exact) mass is 473 g/mol. The number of nitrogens with zero attached hydrogens (tertiary/aromatic N) is 4. The van der Waals surface area contributed by atoms with E-state index in [2.05, 4.69) is 17.3 Å². The number of aromatic nitrogens is 2. The highest BCUT2D eigenvalue weighted by atomic mass is 16.5. The van der Waals surface area contributed by atoms with Gasteiger partial charge in [-0.15, -0.1) is 0 Å². The third kappa shape index (κ3) is 4.41. The number of anilines is 1. The number of hydrogen-bond acceptors (Lipinski definition) is 5. The normalized spacial score (nSPS) is 15.7. The zero-order valence-electron chi connectivity index (χ0n) is 20.5. The molecular formula is C27H31N5O3. The van der Waals surface area contributed by atoms with Crippen LogP contribution in [0.25, 0.3) is 5.69 Å². The molecule has 1 N–H and O–H groups in total. The Hall–Kier alpha value is -3.65. The minimum atomic E-state index is -0.294. The molecule has 1 aromatic heterocycles. The number of benzene rings is 2. The molecule has 1 fully saturated rings. The molecule has 2 aliphatic rings. The van der Waals surface area contributed by atoms with Crippen molar-refractivity contribution in [2.75, 3.05) is 45.7 Å². The van der Waals surface area contributed by atoms with Crippen LogP contribution in [0.15, 0.2) is 42.5 Å². The predicted octanol–water partition coefficient (Wildman–Crippen LogP) is 3.32. The molecule has 1 aliphatic carbocycles. The number of amides is 2. The second-order valence-corrected chi connectivity index (χ2v) is 9.29. The average Bonchev–Trinajstić information content (AvgIpc) is 3.48. The van der Waals surface area contributed by atoms with E-state index in [9.17, 15) is 9.59 Å².